The summed E-state index contributed by atoms with van der Waals surface area (Å²) in [5, 5.41) is 3.77. The van der Waals surface area contributed by atoms with Crippen LogP contribution in [0, 0.1) is 12.0 Å². The summed E-state index contributed by atoms with van der Waals surface area (Å²) in [7, 11) is -2.09. The average Bonchev–Trinajstić information content (AvgIpc) is 2.68. The third kappa shape index (κ3) is 4.24. The van der Waals surface area contributed by atoms with Crippen LogP contribution in [-0.4, -0.2) is 6.04 Å². The summed E-state index contributed by atoms with van der Waals surface area (Å²) in [6, 6.07) is 33.6. The molecule has 0 aliphatic carbocycles. The van der Waals surface area contributed by atoms with E-state index in [1.54, 1.807) is 0 Å². The molecule has 0 amide bonds. The smallest absolute Gasteiger partial charge is 0.288 e. The normalized spacial score (nSPS) is 12.3. The van der Waals surface area contributed by atoms with Gasteiger partial charge in [-0.3, -0.25) is 4.74 Å². The fourth-order valence-electron chi connectivity index (χ4n) is 2.90. The maximum atomic E-state index is 5.50. The molecule has 0 spiro atoms. The number of rotatable bonds is 5. The Bertz CT molecular complexity index is 742. The summed E-state index contributed by atoms with van der Waals surface area (Å²) < 4.78 is 5.50. The van der Waals surface area contributed by atoms with Crippen LogP contribution in [0.4, 0.5) is 0 Å². The molecule has 0 saturated carbocycles. The first kappa shape index (κ1) is 20.8. The monoisotopic (exact) mass is 353 g/mol. The summed E-state index contributed by atoms with van der Waals surface area (Å²) in [6.07, 6.45) is 0. The Kier molecular flexibility index (Phi) is 7.54. The van der Waals surface area contributed by atoms with E-state index in [-0.39, 0.29) is 24.9 Å². The van der Waals surface area contributed by atoms with Crippen molar-refractivity contribution in [2.75, 3.05) is 0 Å². The van der Waals surface area contributed by atoms with Crippen molar-refractivity contribution in [2.24, 2.45) is 10.7 Å². The van der Waals surface area contributed by atoms with Crippen molar-refractivity contribution in [3.05, 3.63) is 91.0 Å². The van der Waals surface area contributed by atoms with E-state index >= 15 is 0 Å². The fraction of sp³-hybridized carbons (Fsp3) is 0.217. The van der Waals surface area contributed by atoms with Crippen molar-refractivity contribution in [3.63, 3.8) is 0 Å². The summed E-state index contributed by atoms with van der Waals surface area (Å²) >= 11 is 0. The number of hydrogen-bond donors (Lipinski definition) is 0. The Morgan fingerprint density at radius 2 is 1.23 bits per heavy atom. The predicted molar refractivity (Wildman–Crippen MR) is 111 cm³/mol. The largest absolute Gasteiger partial charge is 1.00 e. The maximum absolute atomic E-state index is 5.50. The van der Waals surface area contributed by atoms with Crippen LogP contribution < -0.4 is 34.8 Å². The van der Waals surface area contributed by atoms with Gasteiger partial charge in [-0.25, -0.2) is 0 Å². The van der Waals surface area contributed by atoms with Crippen molar-refractivity contribution < 1.29 is 18.9 Å². The van der Waals surface area contributed by atoms with Crippen molar-refractivity contribution in [2.45, 2.75) is 26.8 Å². The molecule has 0 radical (unpaired) electrons. The molecule has 26 heavy (non-hydrogen) atoms. The van der Waals surface area contributed by atoms with Crippen molar-refractivity contribution in [1.82, 2.24) is 0 Å². The Hall–Kier alpha value is -1.51. The zero-order chi connectivity index (χ0) is 17.7. The first-order chi connectivity index (χ1) is 12.1. The molecular weight excluding hydrogens is 328 g/mol. The molecule has 0 fully saturated rings. The summed E-state index contributed by atoms with van der Waals surface area (Å²) in [6.45, 7) is 6.72. The number of nitrogens with zero attached hydrogens (tertiary/aromatic N) is 1. The van der Waals surface area contributed by atoms with Gasteiger partial charge in [0.05, 0.1) is 0 Å². The predicted octanol–water partition coefficient (Wildman–Crippen LogP) is 2.01. The Balaban J connectivity index is 0.00000243. The van der Waals surface area contributed by atoms with Crippen LogP contribution in [0.3, 0.4) is 0 Å². The van der Waals surface area contributed by atoms with E-state index in [2.05, 4.69) is 99.6 Å². The minimum Gasteiger partial charge on any atom is -0.288 e. The van der Waals surface area contributed by atoms with Crippen LogP contribution >= 0.6 is 7.05 Å². The van der Waals surface area contributed by atoms with Gasteiger partial charge >= 0.3 is 18.9 Å². The Morgan fingerprint density at radius 1 is 0.731 bits per heavy atom. The summed E-state index contributed by atoms with van der Waals surface area (Å²) in [5.74, 6) is 0.496. The fourth-order valence-corrected chi connectivity index (χ4v) is 6.73. The van der Waals surface area contributed by atoms with Gasteiger partial charge in [-0.15, -0.1) is 5.30 Å². The van der Waals surface area contributed by atoms with E-state index in [0.717, 1.165) is 0 Å². The second-order valence-electron chi connectivity index (χ2n) is 6.65. The molecule has 0 N–H and O–H groups in total. The van der Waals surface area contributed by atoms with Gasteiger partial charge in [-0.2, -0.15) is 30.3 Å². The van der Waals surface area contributed by atoms with Gasteiger partial charge in [0, 0.05) is 13.1 Å². The van der Waals surface area contributed by atoms with Crippen LogP contribution in [0.2, 0.25) is 0 Å². The molecular formula is C23H25LiNP. The molecule has 0 saturated heterocycles. The molecule has 0 bridgehead atoms. The van der Waals surface area contributed by atoms with Gasteiger partial charge in [-0.1, -0.05) is 74.5 Å². The zero-order valence-corrected chi connectivity index (χ0v) is 17.0. The Labute approximate surface area is 170 Å². The minimum absolute atomic E-state index is 0. The van der Waals surface area contributed by atoms with E-state index in [1.165, 1.54) is 15.9 Å². The van der Waals surface area contributed by atoms with E-state index in [1.807, 2.05) is 12.1 Å². The second kappa shape index (κ2) is 9.43. The van der Waals surface area contributed by atoms with Crippen LogP contribution in [0.15, 0.2) is 89.7 Å². The second-order valence-corrected chi connectivity index (χ2v) is 9.67. The third-order valence-corrected chi connectivity index (χ3v) is 8.40. The summed E-state index contributed by atoms with van der Waals surface area (Å²) in [5.41, 5.74) is 0. The number of hydrogen-bond acceptors (Lipinski definition) is 1. The molecule has 0 aromatic heterocycles. The molecule has 128 valence electrons. The van der Waals surface area contributed by atoms with E-state index in [0.29, 0.717) is 5.92 Å². The van der Waals surface area contributed by atoms with E-state index < -0.39 is 7.05 Å². The van der Waals surface area contributed by atoms with Gasteiger partial charge in [0.2, 0.25) is 0 Å². The first-order valence-corrected chi connectivity index (χ1v) is 10.6. The molecule has 3 rings (SSSR count). The van der Waals surface area contributed by atoms with Gasteiger partial charge < -0.3 is 0 Å². The quantitative estimate of drug-likeness (QED) is 0.378. The topological polar surface area (TPSA) is 12.4 Å². The standard InChI is InChI=1S/C23H25NP.Li/c1-19(2)20(3)24-25(21-13-7-4-8-14-21,22-15-9-5-10-16-22)23-17-11-6-12-18-23;/h4-17,19-20H,1-3H3;/q-1;+1/t20-;/m1./s1. The van der Waals surface area contributed by atoms with Gasteiger partial charge in [0.25, 0.3) is 0 Å². The zero-order valence-electron chi connectivity index (χ0n) is 16.1. The molecule has 0 aliphatic heterocycles. The average molecular weight is 353 g/mol. The molecule has 3 aromatic carbocycles. The van der Waals surface area contributed by atoms with Crippen LogP contribution in [0.5, 0.6) is 0 Å². The first-order valence-electron chi connectivity index (χ1n) is 8.84. The molecule has 3 aromatic rings. The third-order valence-electron chi connectivity index (χ3n) is 4.62. The molecule has 0 unspecified atom stereocenters. The SMILES string of the molecule is CC(C)[C@@H](C)N=P(c1[c-]cccc1)(c1ccccc1)c1ccccc1.[Li+]. The van der Waals surface area contributed by atoms with Crippen LogP contribution in [0.25, 0.3) is 0 Å². The summed E-state index contributed by atoms with van der Waals surface area (Å²) in [4.78, 5) is 0. The van der Waals surface area contributed by atoms with Crippen molar-refractivity contribution in [1.29, 1.82) is 0 Å². The van der Waals surface area contributed by atoms with E-state index in [9.17, 15) is 0 Å². The molecule has 0 aliphatic rings. The van der Waals surface area contributed by atoms with Crippen LogP contribution in [0.1, 0.15) is 20.8 Å². The maximum Gasteiger partial charge on any atom is 1.00 e. The Morgan fingerprint density at radius 3 is 1.65 bits per heavy atom. The van der Waals surface area contributed by atoms with Crippen molar-refractivity contribution in [3.8, 4) is 0 Å². The van der Waals surface area contributed by atoms with Gasteiger partial charge in [-0.05, 0) is 23.5 Å². The van der Waals surface area contributed by atoms with Gasteiger partial charge in [0.15, 0.2) is 0 Å². The minimum atomic E-state index is -2.09. The van der Waals surface area contributed by atoms with Crippen molar-refractivity contribution >= 4 is 23.0 Å². The van der Waals surface area contributed by atoms with Gasteiger partial charge in [0.1, 0.15) is 0 Å². The molecule has 1 nitrogen and oxygen atoms in total. The number of benzene rings is 3. The van der Waals surface area contributed by atoms with Crippen LogP contribution in [-0.2, 0) is 0 Å². The molecule has 0 heterocycles. The molecule has 1 atom stereocenters. The van der Waals surface area contributed by atoms with E-state index in [4.69, 9.17) is 4.74 Å². The molecule has 3 heteroatoms.